The average molecular weight is 555 g/mol. The maximum Gasteiger partial charge on any atom is 0.240 e. The van der Waals surface area contributed by atoms with Gasteiger partial charge in [-0.2, -0.15) is 5.10 Å². The van der Waals surface area contributed by atoms with Gasteiger partial charge in [0.1, 0.15) is 12.4 Å². The number of carbonyl (C=O) groups excluding carboxylic acids is 2. The van der Waals surface area contributed by atoms with E-state index in [1.165, 1.54) is 0 Å². The van der Waals surface area contributed by atoms with Gasteiger partial charge < -0.3 is 10.1 Å². The number of carbonyl (C=O) groups is 2. The SMILES string of the molecule is COCCCNC(=O)CN1C(=O)CS[C@@H](c2ccccc2C)c2c(-c3ccccc3)nn(-c3ccc(C)cc3)c21. The zero-order valence-corrected chi connectivity index (χ0v) is 23.9. The summed E-state index contributed by atoms with van der Waals surface area (Å²) in [6.45, 7) is 5.08. The van der Waals surface area contributed by atoms with Gasteiger partial charge in [-0.1, -0.05) is 72.3 Å². The number of rotatable bonds is 9. The minimum atomic E-state index is -0.215. The molecule has 2 amide bonds. The normalized spacial score (nSPS) is 15.0. The minimum absolute atomic E-state index is 0.0916. The lowest BCUT2D eigenvalue weighted by Gasteiger charge is -2.23. The van der Waals surface area contributed by atoms with Crippen LogP contribution in [0.1, 0.15) is 33.9 Å². The summed E-state index contributed by atoms with van der Waals surface area (Å²) in [6, 6.07) is 26.4. The van der Waals surface area contributed by atoms with Gasteiger partial charge in [0.25, 0.3) is 0 Å². The van der Waals surface area contributed by atoms with Crippen LogP contribution in [-0.4, -0.2) is 54.2 Å². The lowest BCUT2D eigenvalue weighted by atomic mass is 9.97. The molecule has 0 spiro atoms. The Balaban J connectivity index is 1.71. The second-order valence-electron chi connectivity index (χ2n) is 9.92. The van der Waals surface area contributed by atoms with E-state index in [4.69, 9.17) is 9.84 Å². The number of thioether (sulfide) groups is 1. The average Bonchev–Trinajstić information content (AvgIpc) is 3.29. The van der Waals surface area contributed by atoms with Gasteiger partial charge in [-0.15, -0.1) is 11.8 Å². The van der Waals surface area contributed by atoms with Crippen molar-refractivity contribution in [3.8, 4) is 16.9 Å². The van der Waals surface area contributed by atoms with Crippen molar-refractivity contribution in [2.24, 2.45) is 0 Å². The summed E-state index contributed by atoms with van der Waals surface area (Å²) in [7, 11) is 1.64. The van der Waals surface area contributed by atoms with Gasteiger partial charge in [0.05, 0.1) is 22.4 Å². The van der Waals surface area contributed by atoms with Gasteiger partial charge >= 0.3 is 0 Å². The molecule has 1 aromatic heterocycles. The Kier molecular flexibility index (Phi) is 8.67. The predicted octanol–water partition coefficient (Wildman–Crippen LogP) is 5.48. The van der Waals surface area contributed by atoms with Gasteiger partial charge in [-0.3, -0.25) is 14.5 Å². The number of anilines is 1. The molecule has 206 valence electrons. The van der Waals surface area contributed by atoms with Crippen LogP contribution in [0.25, 0.3) is 16.9 Å². The number of nitrogens with zero attached hydrogens (tertiary/aromatic N) is 3. The molecule has 1 aliphatic heterocycles. The van der Waals surface area contributed by atoms with Crippen molar-refractivity contribution >= 4 is 29.4 Å². The minimum Gasteiger partial charge on any atom is -0.385 e. The Bertz CT molecular complexity index is 1480. The zero-order valence-electron chi connectivity index (χ0n) is 23.1. The van der Waals surface area contributed by atoms with Gasteiger partial charge in [0.2, 0.25) is 11.8 Å². The lowest BCUT2D eigenvalue weighted by molar-refractivity contribution is -0.122. The van der Waals surface area contributed by atoms with E-state index >= 15 is 0 Å². The molecule has 2 heterocycles. The predicted molar refractivity (Wildman–Crippen MR) is 161 cm³/mol. The molecule has 40 heavy (non-hydrogen) atoms. The number of methoxy groups -OCH3 is 1. The number of fused-ring (bicyclic) bond motifs is 1. The highest BCUT2D eigenvalue weighted by Gasteiger charge is 2.38. The first-order chi connectivity index (χ1) is 19.5. The van der Waals surface area contributed by atoms with Crippen LogP contribution >= 0.6 is 11.8 Å². The maximum absolute atomic E-state index is 13.8. The molecule has 1 N–H and O–H groups in total. The monoisotopic (exact) mass is 554 g/mol. The molecule has 0 fully saturated rings. The number of aromatic nitrogens is 2. The quantitative estimate of drug-likeness (QED) is 0.278. The Morgan fingerprint density at radius 3 is 2.48 bits per heavy atom. The topological polar surface area (TPSA) is 76.5 Å². The molecular weight excluding hydrogens is 520 g/mol. The standard InChI is InChI=1S/C32H34N4O3S/c1-22-14-16-25(17-15-22)36-32-29(30(34-36)24-11-5-4-6-12-24)31(26-13-8-7-10-23(26)2)40-21-28(38)35(32)20-27(37)33-18-9-19-39-3/h4-8,10-17,31H,9,18-21H2,1-3H3,(H,33,37)/t31-/m0/s1. The van der Waals surface area contributed by atoms with Crippen LogP contribution in [0.2, 0.25) is 0 Å². The van der Waals surface area contributed by atoms with Gasteiger partial charge in [-0.05, 0) is 43.5 Å². The van der Waals surface area contributed by atoms with Crippen molar-refractivity contribution in [1.82, 2.24) is 15.1 Å². The van der Waals surface area contributed by atoms with Crippen LogP contribution in [0, 0.1) is 13.8 Å². The second kappa shape index (κ2) is 12.5. The summed E-state index contributed by atoms with van der Waals surface area (Å²) < 4.78 is 6.94. The molecule has 1 atom stereocenters. The number of amides is 2. The number of ether oxygens (including phenoxy) is 1. The molecule has 7 nitrogen and oxygen atoms in total. The molecule has 0 radical (unpaired) electrons. The van der Waals surface area contributed by atoms with Crippen LogP contribution in [0.3, 0.4) is 0 Å². The fourth-order valence-corrected chi connectivity index (χ4v) is 6.26. The van der Waals surface area contributed by atoms with Crippen molar-refractivity contribution in [3.63, 3.8) is 0 Å². The Hall–Kier alpha value is -3.88. The van der Waals surface area contributed by atoms with Gasteiger partial charge in [0.15, 0.2) is 0 Å². The molecular formula is C32H34N4O3S. The second-order valence-corrected chi connectivity index (χ2v) is 11.0. The largest absolute Gasteiger partial charge is 0.385 e. The number of benzene rings is 3. The van der Waals surface area contributed by atoms with Crippen molar-refractivity contribution in [3.05, 3.63) is 101 Å². The van der Waals surface area contributed by atoms with E-state index in [-0.39, 0.29) is 29.4 Å². The summed E-state index contributed by atoms with van der Waals surface area (Å²) in [5.41, 5.74) is 6.93. The van der Waals surface area contributed by atoms with Crippen molar-refractivity contribution in [1.29, 1.82) is 0 Å². The molecule has 4 aromatic rings. The number of hydrogen-bond donors (Lipinski definition) is 1. The third-order valence-electron chi connectivity index (χ3n) is 7.03. The molecule has 0 bridgehead atoms. The molecule has 0 aliphatic carbocycles. The molecule has 8 heteroatoms. The Labute approximate surface area is 239 Å². The molecule has 3 aromatic carbocycles. The first kappa shape index (κ1) is 27.7. The van der Waals surface area contributed by atoms with E-state index in [0.717, 1.165) is 39.2 Å². The van der Waals surface area contributed by atoms with E-state index in [1.54, 1.807) is 23.8 Å². The third-order valence-corrected chi connectivity index (χ3v) is 8.27. The first-order valence-electron chi connectivity index (χ1n) is 13.5. The fourth-order valence-electron chi connectivity index (χ4n) is 4.96. The highest BCUT2D eigenvalue weighted by molar-refractivity contribution is 8.00. The third kappa shape index (κ3) is 5.83. The van der Waals surface area contributed by atoms with Crippen LogP contribution < -0.4 is 10.2 Å². The summed E-state index contributed by atoms with van der Waals surface area (Å²) >= 11 is 1.58. The fraction of sp³-hybridized carbons (Fsp3) is 0.281. The molecule has 0 saturated carbocycles. The lowest BCUT2D eigenvalue weighted by Crippen LogP contribution is -2.42. The van der Waals surface area contributed by atoms with Crippen molar-refractivity contribution < 1.29 is 14.3 Å². The van der Waals surface area contributed by atoms with Crippen LogP contribution in [0.5, 0.6) is 0 Å². The van der Waals surface area contributed by atoms with E-state index in [9.17, 15) is 9.59 Å². The summed E-state index contributed by atoms with van der Waals surface area (Å²) in [5, 5.41) is 7.94. The highest BCUT2D eigenvalue weighted by Crippen LogP contribution is 2.49. The molecule has 0 saturated heterocycles. The van der Waals surface area contributed by atoms with Gasteiger partial charge in [0, 0.05) is 31.4 Å². The van der Waals surface area contributed by atoms with Crippen LogP contribution in [0.4, 0.5) is 5.82 Å². The summed E-state index contributed by atoms with van der Waals surface area (Å²) in [5.74, 6) is 0.542. The number of hydrogen-bond acceptors (Lipinski definition) is 5. The molecule has 1 aliphatic rings. The highest BCUT2D eigenvalue weighted by atomic mass is 32.2. The molecule has 0 unspecified atom stereocenters. The Morgan fingerprint density at radius 2 is 1.75 bits per heavy atom. The van der Waals surface area contributed by atoms with E-state index < -0.39 is 0 Å². The van der Waals surface area contributed by atoms with E-state index in [2.05, 4.69) is 24.4 Å². The van der Waals surface area contributed by atoms with E-state index in [0.29, 0.717) is 25.4 Å². The smallest absolute Gasteiger partial charge is 0.240 e. The Morgan fingerprint density at radius 1 is 1.02 bits per heavy atom. The first-order valence-corrected chi connectivity index (χ1v) is 14.5. The maximum atomic E-state index is 13.8. The molecule has 5 rings (SSSR count). The summed E-state index contributed by atoms with van der Waals surface area (Å²) in [6.07, 6.45) is 0.700. The number of aryl methyl sites for hydroxylation is 2. The van der Waals surface area contributed by atoms with Crippen molar-refractivity contribution in [2.45, 2.75) is 25.5 Å². The summed E-state index contributed by atoms with van der Waals surface area (Å²) in [4.78, 5) is 28.5. The van der Waals surface area contributed by atoms with Crippen molar-refractivity contribution in [2.75, 3.05) is 37.5 Å². The number of nitrogens with one attached hydrogen (secondary N) is 1. The van der Waals surface area contributed by atoms with Crippen LogP contribution in [0.15, 0.2) is 78.9 Å². The van der Waals surface area contributed by atoms with E-state index in [1.807, 2.05) is 78.3 Å². The zero-order chi connectivity index (χ0) is 28.1. The van der Waals surface area contributed by atoms with Crippen LogP contribution in [-0.2, 0) is 14.3 Å². The van der Waals surface area contributed by atoms with Gasteiger partial charge in [-0.25, -0.2) is 4.68 Å².